The Morgan fingerprint density at radius 2 is 2.13 bits per heavy atom. The maximum atomic E-state index is 5.52. The van der Waals surface area contributed by atoms with Crippen LogP contribution in [0.4, 0.5) is 0 Å². The number of hydrogen-bond donors (Lipinski definition) is 0. The summed E-state index contributed by atoms with van der Waals surface area (Å²) in [6.45, 7) is 2.91. The minimum atomic E-state index is 0.490. The van der Waals surface area contributed by atoms with Crippen molar-refractivity contribution in [3.05, 3.63) is 11.3 Å². The van der Waals surface area contributed by atoms with Crippen molar-refractivity contribution in [1.82, 2.24) is 10.2 Å². The van der Waals surface area contributed by atoms with Gasteiger partial charge in [-0.3, -0.25) is 0 Å². The van der Waals surface area contributed by atoms with Crippen molar-refractivity contribution in [2.24, 2.45) is 0 Å². The van der Waals surface area contributed by atoms with E-state index in [4.69, 9.17) is 13.9 Å². The summed E-state index contributed by atoms with van der Waals surface area (Å²) in [5, 5.41) is 9.63. The van der Waals surface area contributed by atoms with E-state index in [0.29, 0.717) is 25.0 Å². The third kappa shape index (κ3) is 1.37. The Bertz CT molecular complexity index is 491. The lowest BCUT2D eigenvalue weighted by Crippen LogP contribution is -2.14. The molecule has 0 atom stereocenters. The Morgan fingerprint density at radius 3 is 2.93 bits per heavy atom. The van der Waals surface area contributed by atoms with Crippen LogP contribution in [0.25, 0.3) is 10.8 Å². The molecule has 0 unspecified atom stereocenters. The topological polar surface area (TPSA) is 57.4 Å². The molecule has 0 saturated heterocycles. The maximum Gasteiger partial charge on any atom is 0.261 e. The minimum Gasteiger partial charge on any atom is -0.485 e. The van der Waals surface area contributed by atoms with E-state index in [1.807, 2.05) is 5.38 Å². The van der Waals surface area contributed by atoms with E-state index in [2.05, 4.69) is 10.2 Å². The molecule has 0 aliphatic carbocycles. The Kier molecular flexibility index (Phi) is 1.88. The molecule has 0 amide bonds. The van der Waals surface area contributed by atoms with Crippen molar-refractivity contribution >= 4 is 11.3 Å². The smallest absolute Gasteiger partial charge is 0.261 e. The molecular weight excluding hydrogens is 216 g/mol. The molecule has 0 aromatic carbocycles. The Morgan fingerprint density at radius 1 is 1.27 bits per heavy atom. The molecule has 2 aromatic heterocycles. The van der Waals surface area contributed by atoms with Crippen LogP contribution in [0.3, 0.4) is 0 Å². The third-order valence-electron chi connectivity index (χ3n) is 2.02. The zero-order valence-corrected chi connectivity index (χ0v) is 8.84. The second-order valence-corrected chi connectivity index (χ2v) is 3.96. The molecule has 1 aliphatic rings. The van der Waals surface area contributed by atoms with Crippen LogP contribution in [0.15, 0.2) is 9.80 Å². The molecular formula is C9H8N2O3S. The molecule has 0 spiro atoms. The molecule has 3 rings (SSSR count). The lowest BCUT2D eigenvalue weighted by atomic mass is 10.4. The van der Waals surface area contributed by atoms with Crippen molar-refractivity contribution < 1.29 is 13.9 Å². The van der Waals surface area contributed by atoms with E-state index >= 15 is 0 Å². The zero-order valence-electron chi connectivity index (χ0n) is 8.02. The predicted octanol–water partition coefficient (Wildman–Crippen LogP) is 1.88. The van der Waals surface area contributed by atoms with Gasteiger partial charge in [-0.2, -0.15) is 0 Å². The number of aryl methyl sites for hydroxylation is 1. The highest BCUT2D eigenvalue weighted by atomic mass is 32.1. The molecule has 0 N–H and O–H groups in total. The van der Waals surface area contributed by atoms with Gasteiger partial charge in [0, 0.05) is 12.3 Å². The second kappa shape index (κ2) is 3.23. The molecule has 1 aliphatic heterocycles. The Balaban J connectivity index is 2.08. The van der Waals surface area contributed by atoms with Gasteiger partial charge in [0.15, 0.2) is 11.5 Å². The molecule has 2 aromatic rings. The number of rotatable bonds is 1. The van der Waals surface area contributed by atoms with Gasteiger partial charge in [-0.15, -0.1) is 21.5 Å². The molecule has 78 valence electrons. The standard InChI is InChI=1S/C9H8N2O3S/c1-5-10-11-9(14-5)8-7-6(4-15-8)12-2-3-13-7/h4H,2-3H2,1H3. The zero-order chi connectivity index (χ0) is 10.3. The summed E-state index contributed by atoms with van der Waals surface area (Å²) in [7, 11) is 0. The first-order valence-electron chi connectivity index (χ1n) is 4.52. The van der Waals surface area contributed by atoms with Gasteiger partial charge in [-0.05, 0) is 0 Å². The fourth-order valence-electron chi connectivity index (χ4n) is 1.40. The van der Waals surface area contributed by atoms with Gasteiger partial charge in [0.05, 0.1) is 0 Å². The van der Waals surface area contributed by atoms with Crippen molar-refractivity contribution in [3.63, 3.8) is 0 Å². The van der Waals surface area contributed by atoms with Gasteiger partial charge in [0.25, 0.3) is 5.89 Å². The molecule has 5 nitrogen and oxygen atoms in total. The number of nitrogens with zero attached hydrogens (tertiary/aromatic N) is 2. The van der Waals surface area contributed by atoms with E-state index in [9.17, 15) is 0 Å². The molecule has 0 radical (unpaired) electrons. The number of hydrogen-bond acceptors (Lipinski definition) is 6. The van der Waals surface area contributed by atoms with Crippen molar-refractivity contribution in [1.29, 1.82) is 0 Å². The highest BCUT2D eigenvalue weighted by Crippen LogP contribution is 2.44. The second-order valence-electron chi connectivity index (χ2n) is 3.08. The van der Waals surface area contributed by atoms with Crippen LogP contribution in [0, 0.1) is 6.92 Å². The lowest BCUT2D eigenvalue weighted by Gasteiger charge is -2.14. The fourth-order valence-corrected chi connectivity index (χ4v) is 2.25. The van der Waals surface area contributed by atoms with Crippen molar-refractivity contribution in [2.75, 3.05) is 13.2 Å². The monoisotopic (exact) mass is 224 g/mol. The van der Waals surface area contributed by atoms with Gasteiger partial charge < -0.3 is 13.9 Å². The Hall–Kier alpha value is -1.56. The normalized spacial score (nSPS) is 14.2. The Labute approximate surface area is 89.6 Å². The van der Waals surface area contributed by atoms with Gasteiger partial charge in [-0.1, -0.05) is 0 Å². The van der Waals surface area contributed by atoms with E-state index in [-0.39, 0.29) is 0 Å². The van der Waals surface area contributed by atoms with E-state index in [1.54, 1.807) is 6.92 Å². The first-order chi connectivity index (χ1) is 7.34. The highest BCUT2D eigenvalue weighted by Gasteiger charge is 2.22. The molecule has 3 heterocycles. The molecule has 0 saturated carbocycles. The van der Waals surface area contributed by atoms with Crippen LogP contribution in [-0.4, -0.2) is 23.4 Å². The van der Waals surface area contributed by atoms with Crippen molar-refractivity contribution in [2.45, 2.75) is 6.92 Å². The van der Waals surface area contributed by atoms with Crippen LogP contribution in [-0.2, 0) is 0 Å². The van der Waals surface area contributed by atoms with Gasteiger partial charge in [0.2, 0.25) is 5.89 Å². The quantitative estimate of drug-likeness (QED) is 0.740. The van der Waals surface area contributed by atoms with Crippen molar-refractivity contribution in [3.8, 4) is 22.3 Å². The van der Waals surface area contributed by atoms with Gasteiger partial charge >= 0.3 is 0 Å². The maximum absolute atomic E-state index is 5.52. The summed E-state index contributed by atoms with van der Waals surface area (Å²) >= 11 is 1.49. The number of aromatic nitrogens is 2. The number of fused-ring (bicyclic) bond motifs is 1. The lowest BCUT2D eigenvalue weighted by molar-refractivity contribution is 0.174. The van der Waals surface area contributed by atoms with Gasteiger partial charge in [-0.25, -0.2) is 0 Å². The average Bonchev–Trinajstić information content (AvgIpc) is 2.83. The number of thiophene rings is 1. The summed E-state index contributed by atoms with van der Waals surface area (Å²) in [6.07, 6.45) is 0. The molecule has 15 heavy (non-hydrogen) atoms. The summed E-state index contributed by atoms with van der Waals surface area (Å²) in [5.41, 5.74) is 0. The first kappa shape index (κ1) is 8.72. The minimum absolute atomic E-state index is 0.490. The average molecular weight is 224 g/mol. The summed E-state index contributed by atoms with van der Waals surface area (Å²) in [5.74, 6) is 2.51. The summed E-state index contributed by atoms with van der Waals surface area (Å²) < 4.78 is 16.3. The molecule has 0 fully saturated rings. The van der Waals surface area contributed by atoms with E-state index < -0.39 is 0 Å². The highest BCUT2D eigenvalue weighted by molar-refractivity contribution is 7.14. The van der Waals surface area contributed by atoms with E-state index in [0.717, 1.165) is 16.4 Å². The van der Waals surface area contributed by atoms with Crippen LogP contribution in [0.1, 0.15) is 5.89 Å². The van der Waals surface area contributed by atoms with Crippen LogP contribution in [0.5, 0.6) is 11.5 Å². The van der Waals surface area contributed by atoms with Crippen LogP contribution >= 0.6 is 11.3 Å². The molecule has 0 bridgehead atoms. The summed E-state index contributed by atoms with van der Waals surface area (Å²) in [4.78, 5) is 0.838. The fraction of sp³-hybridized carbons (Fsp3) is 0.333. The third-order valence-corrected chi connectivity index (χ3v) is 2.95. The summed E-state index contributed by atoms with van der Waals surface area (Å²) in [6, 6.07) is 0. The molecule has 6 heteroatoms. The van der Waals surface area contributed by atoms with Gasteiger partial charge in [0.1, 0.15) is 18.1 Å². The SMILES string of the molecule is Cc1nnc(-c2scc3c2OCCO3)o1. The predicted molar refractivity (Wildman–Crippen MR) is 53.3 cm³/mol. The van der Waals surface area contributed by atoms with E-state index in [1.165, 1.54) is 11.3 Å². The van der Waals surface area contributed by atoms with Crippen LogP contribution in [0.2, 0.25) is 0 Å². The van der Waals surface area contributed by atoms with Crippen LogP contribution < -0.4 is 9.47 Å². The first-order valence-corrected chi connectivity index (χ1v) is 5.40. The largest absolute Gasteiger partial charge is 0.485 e. The number of ether oxygens (including phenoxy) is 2.